The lowest BCUT2D eigenvalue weighted by molar-refractivity contribution is 0.466. The fourth-order valence-corrected chi connectivity index (χ4v) is 4.56. The Kier molecular flexibility index (Phi) is 4.34. The number of rotatable bonds is 4. The van der Waals surface area contributed by atoms with Crippen molar-refractivity contribution in [2.75, 3.05) is 13.1 Å². The minimum Gasteiger partial charge on any atom is -0.206 e. The van der Waals surface area contributed by atoms with Gasteiger partial charge in [-0.3, -0.25) is 0 Å². The van der Waals surface area contributed by atoms with Gasteiger partial charge in [0.2, 0.25) is 0 Å². The third-order valence-electron chi connectivity index (χ3n) is 1.76. The highest BCUT2D eigenvalue weighted by molar-refractivity contribution is 9.11. The Morgan fingerprint density at radius 1 is 1.60 bits per heavy atom. The van der Waals surface area contributed by atoms with E-state index in [1.165, 1.54) is 15.6 Å². The first-order valence-corrected chi connectivity index (χ1v) is 7.26. The first-order valence-electron chi connectivity index (χ1n) is 4.21. The molecule has 15 heavy (non-hydrogen) atoms. The van der Waals surface area contributed by atoms with Crippen molar-refractivity contribution < 1.29 is 8.42 Å². The number of thiophene rings is 1. The first-order chi connectivity index (χ1) is 7.02. The lowest BCUT2D eigenvalue weighted by Crippen LogP contribution is -2.30. The van der Waals surface area contributed by atoms with Crippen molar-refractivity contribution >= 4 is 37.3 Å². The van der Waals surface area contributed by atoms with Gasteiger partial charge in [0.25, 0.3) is 10.0 Å². The molecule has 0 aromatic carbocycles. The Balaban J connectivity index is 3.07. The highest BCUT2D eigenvalue weighted by Crippen LogP contribution is 2.28. The van der Waals surface area contributed by atoms with Crippen molar-refractivity contribution in [3.63, 3.8) is 0 Å². The number of sulfonamides is 1. The van der Waals surface area contributed by atoms with Gasteiger partial charge >= 0.3 is 0 Å². The standard InChI is InChI=1S/C9H10BrNO2S2/c1-3-7-11(4-2)15(12,13)9-6-5-8(10)14-9/h1,5-6H,4,7H2,2H3. The molecule has 0 radical (unpaired) electrons. The van der Waals surface area contributed by atoms with Gasteiger partial charge in [0.1, 0.15) is 4.21 Å². The molecule has 0 bridgehead atoms. The van der Waals surface area contributed by atoms with E-state index in [9.17, 15) is 8.42 Å². The van der Waals surface area contributed by atoms with Gasteiger partial charge in [-0.2, -0.15) is 4.31 Å². The summed E-state index contributed by atoms with van der Waals surface area (Å²) in [6, 6.07) is 3.28. The number of nitrogens with zero attached hydrogens (tertiary/aromatic N) is 1. The number of halogens is 1. The predicted molar refractivity (Wildman–Crippen MR) is 65.3 cm³/mol. The summed E-state index contributed by atoms with van der Waals surface area (Å²) >= 11 is 4.41. The van der Waals surface area contributed by atoms with Crippen molar-refractivity contribution in [3.8, 4) is 12.3 Å². The molecule has 0 atom stereocenters. The third-order valence-corrected chi connectivity index (χ3v) is 5.77. The molecule has 3 nitrogen and oxygen atoms in total. The summed E-state index contributed by atoms with van der Waals surface area (Å²) in [4.78, 5) is 0. The van der Waals surface area contributed by atoms with Crippen LogP contribution in [0, 0.1) is 12.3 Å². The minimum absolute atomic E-state index is 0.106. The van der Waals surface area contributed by atoms with Crippen LogP contribution in [0.2, 0.25) is 0 Å². The summed E-state index contributed by atoms with van der Waals surface area (Å²) in [5.74, 6) is 2.34. The molecule has 0 fully saturated rings. The minimum atomic E-state index is -3.41. The Morgan fingerprint density at radius 3 is 2.67 bits per heavy atom. The predicted octanol–water partition coefficient (Wildman–Crippen LogP) is 2.15. The van der Waals surface area contributed by atoms with Crippen LogP contribution >= 0.6 is 27.3 Å². The quantitative estimate of drug-likeness (QED) is 0.799. The Labute approximate surface area is 102 Å². The molecule has 0 saturated heterocycles. The van der Waals surface area contributed by atoms with Gasteiger partial charge in [0.15, 0.2) is 0 Å². The fraction of sp³-hybridized carbons (Fsp3) is 0.333. The van der Waals surface area contributed by atoms with Crippen molar-refractivity contribution in [1.29, 1.82) is 0 Å². The summed E-state index contributed by atoms with van der Waals surface area (Å²) < 4.78 is 26.3. The Hall–Kier alpha value is -0.350. The van der Waals surface area contributed by atoms with Gasteiger partial charge in [-0.25, -0.2) is 8.42 Å². The van der Waals surface area contributed by atoms with Gasteiger partial charge in [0, 0.05) is 6.54 Å². The molecule has 0 unspecified atom stereocenters. The zero-order valence-corrected chi connectivity index (χ0v) is 11.3. The molecule has 1 rings (SSSR count). The molecule has 1 aromatic rings. The molecule has 0 saturated carbocycles. The molecule has 0 aliphatic heterocycles. The smallest absolute Gasteiger partial charge is 0.206 e. The molecular weight excluding hydrogens is 298 g/mol. The normalized spacial score (nSPS) is 11.6. The van der Waals surface area contributed by atoms with Gasteiger partial charge in [-0.15, -0.1) is 17.8 Å². The molecular formula is C9H10BrNO2S2. The molecule has 0 aliphatic rings. The molecule has 1 heterocycles. The average Bonchev–Trinajstić information content (AvgIpc) is 2.61. The van der Waals surface area contributed by atoms with Crippen LogP contribution < -0.4 is 0 Å². The van der Waals surface area contributed by atoms with E-state index < -0.39 is 10.0 Å². The lowest BCUT2D eigenvalue weighted by Gasteiger charge is -2.16. The molecule has 1 aromatic heterocycles. The van der Waals surface area contributed by atoms with E-state index in [1.807, 2.05) is 0 Å². The molecule has 0 N–H and O–H groups in total. The second-order valence-electron chi connectivity index (χ2n) is 2.69. The van der Waals surface area contributed by atoms with Crippen LogP contribution in [0.25, 0.3) is 0 Å². The van der Waals surface area contributed by atoms with E-state index in [1.54, 1.807) is 19.1 Å². The maximum absolute atomic E-state index is 12.0. The van der Waals surface area contributed by atoms with Crippen LogP contribution in [0.3, 0.4) is 0 Å². The fourth-order valence-electron chi connectivity index (χ4n) is 1.03. The molecule has 82 valence electrons. The molecule has 0 amide bonds. The largest absolute Gasteiger partial charge is 0.253 e. The van der Waals surface area contributed by atoms with Crippen LogP contribution in [-0.2, 0) is 10.0 Å². The lowest BCUT2D eigenvalue weighted by atomic mass is 10.6. The van der Waals surface area contributed by atoms with Crippen LogP contribution in [0.4, 0.5) is 0 Å². The van der Waals surface area contributed by atoms with Crippen LogP contribution in [0.15, 0.2) is 20.1 Å². The average molecular weight is 308 g/mol. The van der Waals surface area contributed by atoms with Crippen LogP contribution in [0.5, 0.6) is 0 Å². The summed E-state index contributed by atoms with van der Waals surface area (Å²) in [6.07, 6.45) is 5.12. The van der Waals surface area contributed by atoms with E-state index in [0.29, 0.717) is 10.8 Å². The Bertz CT molecular complexity index is 473. The summed E-state index contributed by atoms with van der Waals surface area (Å²) in [5.41, 5.74) is 0. The highest BCUT2D eigenvalue weighted by Gasteiger charge is 2.23. The van der Waals surface area contributed by atoms with E-state index in [-0.39, 0.29) is 6.54 Å². The molecule has 0 aliphatic carbocycles. The number of hydrogen-bond acceptors (Lipinski definition) is 3. The van der Waals surface area contributed by atoms with Gasteiger partial charge in [-0.05, 0) is 28.1 Å². The SMILES string of the molecule is C#CCN(CC)S(=O)(=O)c1ccc(Br)s1. The van der Waals surface area contributed by atoms with Crippen molar-refractivity contribution in [1.82, 2.24) is 4.31 Å². The van der Waals surface area contributed by atoms with Crippen molar-refractivity contribution in [3.05, 3.63) is 15.9 Å². The summed E-state index contributed by atoms with van der Waals surface area (Å²) in [5, 5.41) is 0. The van der Waals surface area contributed by atoms with Crippen molar-refractivity contribution in [2.45, 2.75) is 11.1 Å². The summed E-state index contributed by atoms with van der Waals surface area (Å²) in [6.45, 7) is 2.24. The summed E-state index contributed by atoms with van der Waals surface area (Å²) in [7, 11) is -3.41. The Morgan fingerprint density at radius 2 is 2.27 bits per heavy atom. The van der Waals surface area contributed by atoms with Gasteiger partial charge in [0.05, 0.1) is 10.3 Å². The zero-order valence-electron chi connectivity index (χ0n) is 8.10. The molecule has 0 spiro atoms. The maximum atomic E-state index is 12.0. The van der Waals surface area contributed by atoms with Gasteiger partial charge in [-0.1, -0.05) is 12.8 Å². The zero-order chi connectivity index (χ0) is 11.5. The topological polar surface area (TPSA) is 37.4 Å². The maximum Gasteiger partial charge on any atom is 0.253 e. The monoisotopic (exact) mass is 307 g/mol. The van der Waals surface area contributed by atoms with E-state index in [0.717, 1.165) is 3.79 Å². The second kappa shape index (κ2) is 5.12. The van der Waals surface area contributed by atoms with E-state index in [4.69, 9.17) is 6.42 Å². The second-order valence-corrected chi connectivity index (χ2v) is 7.32. The van der Waals surface area contributed by atoms with Gasteiger partial charge < -0.3 is 0 Å². The highest BCUT2D eigenvalue weighted by atomic mass is 79.9. The third kappa shape index (κ3) is 2.82. The first kappa shape index (κ1) is 12.7. The number of terminal acetylenes is 1. The van der Waals surface area contributed by atoms with E-state index >= 15 is 0 Å². The van der Waals surface area contributed by atoms with E-state index in [2.05, 4.69) is 21.9 Å². The molecule has 6 heteroatoms. The van der Waals surface area contributed by atoms with Crippen LogP contribution in [-0.4, -0.2) is 25.8 Å². The van der Waals surface area contributed by atoms with Crippen molar-refractivity contribution in [2.24, 2.45) is 0 Å². The number of hydrogen-bond donors (Lipinski definition) is 0. The van der Waals surface area contributed by atoms with Crippen LogP contribution in [0.1, 0.15) is 6.92 Å².